The largest absolute Gasteiger partial charge is 0.497 e. The summed E-state index contributed by atoms with van der Waals surface area (Å²) >= 11 is 9.23. The molecular formula is C43H32OS5. The number of hydrogen-bond acceptors (Lipinski definition) is 6. The molecule has 0 aliphatic heterocycles. The molecule has 0 bridgehead atoms. The Labute approximate surface area is 310 Å². The van der Waals surface area contributed by atoms with E-state index in [2.05, 4.69) is 176 Å². The van der Waals surface area contributed by atoms with Gasteiger partial charge in [0.15, 0.2) is 0 Å². The van der Waals surface area contributed by atoms with Gasteiger partial charge in [-0.2, -0.15) is 0 Å². The first-order chi connectivity index (χ1) is 24.2. The van der Waals surface area contributed by atoms with Crippen LogP contribution in [-0.2, 0) is 0 Å². The molecule has 0 radical (unpaired) electrons. The third kappa shape index (κ3) is 8.46. The summed E-state index contributed by atoms with van der Waals surface area (Å²) in [6.07, 6.45) is 0. The van der Waals surface area contributed by atoms with E-state index in [4.69, 9.17) is 4.74 Å². The molecule has 240 valence electrons. The average Bonchev–Trinajstić information content (AvgIpc) is 3.17. The summed E-state index contributed by atoms with van der Waals surface area (Å²) in [4.78, 5) is 12.2. The minimum atomic E-state index is 0.840. The van der Waals surface area contributed by atoms with Gasteiger partial charge in [0.25, 0.3) is 0 Å². The van der Waals surface area contributed by atoms with Crippen LogP contribution in [0.3, 0.4) is 0 Å². The van der Waals surface area contributed by atoms with Gasteiger partial charge >= 0.3 is 0 Å². The highest BCUT2D eigenvalue weighted by molar-refractivity contribution is 8.05. The van der Waals surface area contributed by atoms with Gasteiger partial charge in [0, 0.05) is 54.5 Å². The lowest BCUT2D eigenvalue weighted by molar-refractivity contribution is 0.415. The predicted molar refractivity (Wildman–Crippen MR) is 211 cm³/mol. The smallest absolute Gasteiger partial charge is 0.118 e. The van der Waals surface area contributed by atoms with Crippen LogP contribution >= 0.6 is 58.8 Å². The number of ether oxygens (including phenoxy) is 1. The molecule has 49 heavy (non-hydrogen) atoms. The molecule has 0 atom stereocenters. The third-order valence-corrected chi connectivity index (χ3v) is 13.6. The van der Waals surface area contributed by atoms with Crippen LogP contribution in [0.2, 0.25) is 0 Å². The van der Waals surface area contributed by atoms with Crippen molar-refractivity contribution in [3.05, 3.63) is 176 Å². The van der Waals surface area contributed by atoms with Gasteiger partial charge in [0.1, 0.15) is 5.75 Å². The molecule has 0 aromatic heterocycles. The van der Waals surface area contributed by atoms with Crippen molar-refractivity contribution in [3.8, 4) is 16.9 Å². The second-order valence-corrected chi connectivity index (χ2v) is 16.2. The van der Waals surface area contributed by atoms with Crippen molar-refractivity contribution in [3.63, 3.8) is 0 Å². The highest BCUT2D eigenvalue weighted by atomic mass is 32.2. The zero-order valence-corrected chi connectivity index (χ0v) is 30.8. The molecule has 0 aliphatic rings. The maximum absolute atomic E-state index is 5.63. The van der Waals surface area contributed by atoms with Gasteiger partial charge in [0.05, 0.1) is 7.11 Å². The van der Waals surface area contributed by atoms with Crippen molar-refractivity contribution in [2.24, 2.45) is 0 Å². The van der Waals surface area contributed by atoms with E-state index < -0.39 is 0 Å². The second kappa shape index (κ2) is 16.7. The Kier molecular flexibility index (Phi) is 11.4. The number of hydrogen-bond donors (Lipinski definition) is 0. The Balaban J connectivity index is 1.60. The quantitative estimate of drug-likeness (QED) is 0.123. The lowest BCUT2D eigenvalue weighted by Gasteiger charge is -2.26. The molecule has 7 rings (SSSR count). The van der Waals surface area contributed by atoms with Gasteiger partial charge in [0.2, 0.25) is 0 Å². The van der Waals surface area contributed by atoms with Gasteiger partial charge in [-0.15, -0.1) is 0 Å². The molecule has 0 amide bonds. The summed E-state index contributed by atoms with van der Waals surface area (Å²) in [5, 5.41) is 0. The highest BCUT2D eigenvalue weighted by Crippen LogP contribution is 2.59. The molecule has 6 heteroatoms. The molecule has 0 saturated carbocycles. The van der Waals surface area contributed by atoms with Crippen LogP contribution < -0.4 is 4.74 Å². The van der Waals surface area contributed by atoms with Crippen LogP contribution in [0.4, 0.5) is 0 Å². The van der Waals surface area contributed by atoms with Crippen molar-refractivity contribution in [1.29, 1.82) is 0 Å². The van der Waals surface area contributed by atoms with E-state index in [1.54, 1.807) is 7.11 Å². The Morgan fingerprint density at radius 1 is 0.306 bits per heavy atom. The predicted octanol–water partition coefficient (Wildman–Crippen LogP) is 14.1. The lowest BCUT2D eigenvalue weighted by atomic mass is 10.1. The first-order valence-electron chi connectivity index (χ1n) is 15.8. The standard InChI is InChI=1S/C43H32OS5/c1-44-32-29-27-31(28-30-32)38-39(45-33-17-7-2-8-18-33)41(47-35-21-11-4-12-22-35)43(49-37-25-15-6-16-26-37)42(48-36-23-13-5-14-24-36)40(38)46-34-19-9-3-10-20-34/h2-30H,1H3. The zero-order chi connectivity index (χ0) is 33.3. The number of methoxy groups -OCH3 is 1. The van der Waals surface area contributed by atoms with Crippen LogP contribution in [0.25, 0.3) is 11.1 Å². The molecule has 0 saturated heterocycles. The Morgan fingerprint density at radius 2 is 0.571 bits per heavy atom. The van der Waals surface area contributed by atoms with Crippen molar-refractivity contribution in [2.75, 3.05) is 7.11 Å². The van der Waals surface area contributed by atoms with Crippen LogP contribution in [0, 0.1) is 0 Å². The molecule has 0 heterocycles. The SMILES string of the molecule is COc1ccc(-c2c(Sc3ccccc3)c(Sc3ccccc3)c(Sc3ccccc3)c(Sc3ccccc3)c2Sc2ccccc2)cc1. The topological polar surface area (TPSA) is 9.23 Å². The van der Waals surface area contributed by atoms with E-state index in [0.29, 0.717) is 0 Å². The highest BCUT2D eigenvalue weighted by Gasteiger charge is 2.28. The van der Waals surface area contributed by atoms with Gasteiger partial charge < -0.3 is 4.74 Å². The van der Waals surface area contributed by atoms with Crippen LogP contribution in [0.1, 0.15) is 0 Å². The molecule has 0 unspecified atom stereocenters. The van der Waals surface area contributed by atoms with Crippen molar-refractivity contribution in [2.45, 2.75) is 49.0 Å². The van der Waals surface area contributed by atoms with E-state index >= 15 is 0 Å². The van der Waals surface area contributed by atoms with E-state index in [0.717, 1.165) is 11.3 Å². The monoisotopic (exact) mass is 724 g/mol. The van der Waals surface area contributed by atoms with E-state index in [9.17, 15) is 0 Å². The molecular weight excluding hydrogens is 693 g/mol. The van der Waals surface area contributed by atoms with Crippen molar-refractivity contribution < 1.29 is 4.74 Å². The average molecular weight is 725 g/mol. The third-order valence-electron chi connectivity index (χ3n) is 7.47. The second-order valence-electron chi connectivity index (χ2n) is 10.8. The summed E-state index contributed by atoms with van der Waals surface area (Å²) in [5.41, 5.74) is 2.37. The first-order valence-corrected chi connectivity index (χ1v) is 19.9. The zero-order valence-electron chi connectivity index (χ0n) is 26.7. The van der Waals surface area contributed by atoms with Crippen LogP contribution in [0.5, 0.6) is 5.75 Å². The van der Waals surface area contributed by atoms with Gasteiger partial charge in [-0.3, -0.25) is 0 Å². The molecule has 7 aromatic carbocycles. The fourth-order valence-corrected chi connectivity index (χ4v) is 11.3. The number of benzene rings is 7. The fraction of sp³-hybridized carbons (Fsp3) is 0.0233. The van der Waals surface area contributed by atoms with Crippen molar-refractivity contribution in [1.82, 2.24) is 0 Å². The van der Waals surface area contributed by atoms with E-state index in [1.807, 2.05) is 58.8 Å². The first kappa shape index (κ1) is 33.6. The molecule has 0 aliphatic carbocycles. The van der Waals surface area contributed by atoms with Crippen LogP contribution in [-0.4, -0.2) is 7.11 Å². The molecule has 0 spiro atoms. The minimum absolute atomic E-state index is 0.840. The Hall–Kier alpha value is -3.91. The summed E-state index contributed by atoms with van der Waals surface area (Å²) < 4.78 is 5.63. The normalized spacial score (nSPS) is 11.0. The Bertz CT molecular complexity index is 1980. The lowest BCUT2D eigenvalue weighted by Crippen LogP contribution is -1.98. The molecule has 7 aromatic rings. The summed E-state index contributed by atoms with van der Waals surface area (Å²) in [6, 6.07) is 62.3. The van der Waals surface area contributed by atoms with Crippen molar-refractivity contribution >= 4 is 58.8 Å². The maximum atomic E-state index is 5.63. The van der Waals surface area contributed by atoms with E-state index in [1.165, 1.54) is 54.5 Å². The molecule has 0 N–H and O–H groups in total. The van der Waals surface area contributed by atoms with Crippen LogP contribution in [0.15, 0.2) is 225 Å². The molecule has 0 fully saturated rings. The number of rotatable bonds is 12. The fourth-order valence-electron chi connectivity index (χ4n) is 5.16. The summed E-state index contributed by atoms with van der Waals surface area (Å²) in [6.45, 7) is 0. The van der Waals surface area contributed by atoms with Gasteiger partial charge in [-0.1, -0.05) is 162 Å². The minimum Gasteiger partial charge on any atom is -0.497 e. The van der Waals surface area contributed by atoms with Gasteiger partial charge in [-0.25, -0.2) is 0 Å². The molecule has 1 nitrogen and oxygen atoms in total. The summed E-state index contributed by atoms with van der Waals surface area (Å²) in [7, 11) is 1.72. The van der Waals surface area contributed by atoms with E-state index in [-0.39, 0.29) is 0 Å². The maximum Gasteiger partial charge on any atom is 0.118 e. The summed E-state index contributed by atoms with van der Waals surface area (Å²) in [5.74, 6) is 0.840. The Morgan fingerprint density at radius 3 is 0.857 bits per heavy atom. The van der Waals surface area contributed by atoms with Gasteiger partial charge in [-0.05, 0) is 78.4 Å².